The number of nitrogens with zero attached hydrogens (tertiary/aromatic N) is 1. The lowest BCUT2D eigenvalue weighted by molar-refractivity contribution is 0.0793. The van der Waals surface area contributed by atoms with Crippen LogP contribution in [-0.2, 0) is 9.84 Å². The number of rotatable bonds is 4. The van der Waals surface area contributed by atoms with Crippen LogP contribution in [-0.4, -0.2) is 37.6 Å². The van der Waals surface area contributed by atoms with Gasteiger partial charge in [-0.05, 0) is 53.9 Å². The summed E-state index contributed by atoms with van der Waals surface area (Å²) in [5.41, 5.74) is 2.25. The van der Waals surface area contributed by atoms with E-state index in [1.165, 1.54) is 12.1 Å². The number of likely N-dealkylation sites (tertiary alicyclic amines) is 1. The molecule has 3 aromatic rings. The predicted octanol–water partition coefficient (Wildman–Crippen LogP) is 4.18. The number of hydrogen-bond donors (Lipinski definition) is 0. The Morgan fingerprint density at radius 1 is 0.862 bits per heavy atom. The van der Waals surface area contributed by atoms with Crippen molar-refractivity contribution in [2.75, 3.05) is 13.1 Å². The van der Waals surface area contributed by atoms with Crippen molar-refractivity contribution in [2.45, 2.75) is 16.6 Å². The molecule has 0 bridgehead atoms. The van der Waals surface area contributed by atoms with Crippen LogP contribution in [0.3, 0.4) is 0 Å². The average molecular weight is 409 g/mol. The second kappa shape index (κ2) is 7.79. The molecule has 0 radical (unpaired) electrons. The number of amides is 1. The van der Waals surface area contributed by atoms with Crippen LogP contribution < -0.4 is 0 Å². The van der Waals surface area contributed by atoms with Gasteiger partial charge in [0.25, 0.3) is 5.91 Å². The van der Waals surface area contributed by atoms with E-state index in [2.05, 4.69) is 0 Å². The van der Waals surface area contributed by atoms with Crippen LogP contribution in [0.15, 0.2) is 83.8 Å². The summed E-state index contributed by atoms with van der Waals surface area (Å²) in [6, 6.07) is 21.6. The zero-order valence-electron chi connectivity index (χ0n) is 15.7. The van der Waals surface area contributed by atoms with Crippen molar-refractivity contribution in [3.05, 3.63) is 90.2 Å². The van der Waals surface area contributed by atoms with Crippen LogP contribution in [0.2, 0.25) is 0 Å². The van der Waals surface area contributed by atoms with Crippen molar-refractivity contribution in [3.63, 3.8) is 0 Å². The van der Waals surface area contributed by atoms with Gasteiger partial charge < -0.3 is 4.90 Å². The number of sulfone groups is 1. The third-order valence-corrected chi connectivity index (χ3v) is 7.44. The van der Waals surface area contributed by atoms with Gasteiger partial charge >= 0.3 is 0 Å². The predicted molar refractivity (Wildman–Crippen MR) is 110 cm³/mol. The molecule has 1 fully saturated rings. The molecule has 1 atom stereocenters. The van der Waals surface area contributed by atoms with Crippen molar-refractivity contribution < 1.29 is 17.6 Å². The lowest BCUT2D eigenvalue weighted by Gasteiger charge is -2.17. The van der Waals surface area contributed by atoms with Crippen LogP contribution in [0.4, 0.5) is 4.39 Å². The van der Waals surface area contributed by atoms with E-state index in [0.717, 1.165) is 11.1 Å². The van der Waals surface area contributed by atoms with Gasteiger partial charge in [0.15, 0.2) is 9.84 Å². The second-order valence-corrected chi connectivity index (χ2v) is 9.33. The van der Waals surface area contributed by atoms with E-state index < -0.39 is 15.1 Å². The molecule has 1 aliphatic heterocycles. The maximum absolute atomic E-state index is 13.1. The molecule has 0 aromatic heterocycles. The van der Waals surface area contributed by atoms with Crippen molar-refractivity contribution >= 4 is 15.7 Å². The molecule has 1 unspecified atom stereocenters. The maximum atomic E-state index is 13.1. The summed E-state index contributed by atoms with van der Waals surface area (Å²) in [6.07, 6.45) is 0.427. The SMILES string of the molecule is O=C(c1ccc(-c2ccc(F)cc2)cc1)N1CCC(S(=O)(=O)c2ccccc2)C1. The molecule has 1 amide bonds. The Bertz CT molecular complexity index is 1110. The third kappa shape index (κ3) is 3.93. The van der Waals surface area contributed by atoms with E-state index in [9.17, 15) is 17.6 Å². The van der Waals surface area contributed by atoms with Gasteiger partial charge in [0.05, 0.1) is 10.1 Å². The number of carbonyl (C=O) groups is 1. The van der Waals surface area contributed by atoms with Gasteiger partial charge in [0, 0.05) is 18.7 Å². The van der Waals surface area contributed by atoms with Gasteiger partial charge in [-0.25, -0.2) is 12.8 Å². The molecule has 0 N–H and O–H groups in total. The molecule has 6 heteroatoms. The highest BCUT2D eigenvalue weighted by atomic mass is 32.2. The molecule has 4 rings (SSSR count). The quantitative estimate of drug-likeness (QED) is 0.650. The number of halogens is 1. The zero-order chi connectivity index (χ0) is 20.4. The van der Waals surface area contributed by atoms with Gasteiger partial charge in [-0.2, -0.15) is 0 Å². The minimum absolute atomic E-state index is 0.179. The molecule has 0 saturated carbocycles. The summed E-state index contributed by atoms with van der Waals surface area (Å²) in [4.78, 5) is 14.7. The molecule has 0 spiro atoms. The fraction of sp³-hybridized carbons (Fsp3) is 0.174. The van der Waals surface area contributed by atoms with Crippen LogP contribution in [0.1, 0.15) is 16.8 Å². The first kappa shape index (κ1) is 19.3. The first-order valence-electron chi connectivity index (χ1n) is 9.39. The summed E-state index contributed by atoms with van der Waals surface area (Å²) in [7, 11) is -3.46. The van der Waals surface area contributed by atoms with E-state index >= 15 is 0 Å². The first-order valence-corrected chi connectivity index (χ1v) is 10.9. The fourth-order valence-electron chi connectivity index (χ4n) is 3.60. The lowest BCUT2D eigenvalue weighted by atomic mass is 10.0. The largest absolute Gasteiger partial charge is 0.337 e. The lowest BCUT2D eigenvalue weighted by Crippen LogP contribution is -2.31. The second-order valence-electron chi connectivity index (χ2n) is 7.10. The minimum Gasteiger partial charge on any atom is -0.337 e. The summed E-state index contributed by atoms with van der Waals surface area (Å²) < 4.78 is 38.7. The highest BCUT2D eigenvalue weighted by Gasteiger charge is 2.36. The Kier molecular flexibility index (Phi) is 5.20. The third-order valence-electron chi connectivity index (χ3n) is 5.25. The molecular weight excluding hydrogens is 389 g/mol. The minimum atomic E-state index is -3.46. The van der Waals surface area contributed by atoms with Crippen LogP contribution >= 0.6 is 0 Å². The topological polar surface area (TPSA) is 54.5 Å². The van der Waals surface area contributed by atoms with Crippen molar-refractivity contribution in [1.82, 2.24) is 4.90 Å². The maximum Gasteiger partial charge on any atom is 0.253 e. The Hall–Kier alpha value is -2.99. The Balaban J connectivity index is 1.47. The summed E-state index contributed by atoms with van der Waals surface area (Å²) >= 11 is 0. The van der Waals surface area contributed by atoms with Gasteiger partial charge in [0.1, 0.15) is 5.82 Å². The van der Waals surface area contributed by atoms with Gasteiger partial charge in [-0.15, -0.1) is 0 Å². The van der Waals surface area contributed by atoms with Gasteiger partial charge in [0.2, 0.25) is 0 Å². The molecule has 0 aliphatic carbocycles. The Morgan fingerprint density at radius 2 is 1.45 bits per heavy atom. The van der Waals surface area contributed by atoms with E-state index in [1.54, 1.807) is 59.5 Å². The number of benzene rings is 3. The van der Waals surface area contributed by atoms with Crippen LogP contribution in [0, 0.1) is 5.82 Å². The molecule has 3 aromatic carbocycles. The number of carbonyl (C=O) groups excluding carboxylic acids is 1. The summed E-state index contributed by atoms with van der Waals surface area (Å²) in [5.74, 6) is -0.476. The van der Waals surface area contributed by atoms with Crippen molar-refractivity contribution in [1.29, 1.82) is 0 Å². The van der Waals surface area contributed by atoms with Crippen LogP contribution in [0.25, 0.3) is 11.1 Å². The highest BCUT2D eigenvalue weighted by molar-refractivity contribution is 7.92. The van der Waals surface area contributed by atoms with Crippen LogP contribution in [0.5, 0.6) is 0 Å². The fourth-order valence-corrected chi connectivity index (χ4v) is 5.31. The smallest absolute Gasteiger partial charge is 0.253 e. The molecule has 29 heavy (non-hydrogen) atoms. The van der Waals surface area contributed by atoms with E-state index in [4.69, 9.17) is 0 Å². The molecule has 1 saturated heterocycles. The number of hydrogen-bond acceptors (Lipinski definition) is 3. The van der Waals surface area contributed by atoms with E-state index in [0.29, 0.717) is 23.4 Å². The Labute approximate surface area is 169 Å². The van der Waals surface area contributed by atoms with Gasteiger partial charge in [-0.3, -0.25) is 4.79 Å². The van der Waals surface area contributed by atoms with Crippen molar-refractivity contribution in [3.8, 4) is 11.1 Å². The summed E-state index contributed by atoms with van der Waals surface area (Å²) in [6.45, 7) is 0.602. The normalized spacial score (nSPS) is 16.7. The first-order chi connectivity index (χ1) is 13.9. The Morgan fingerprint density at radius 3 is 2.07 bits per heavy atom. The monoisotopic (exact) mass is 409 g/mol. The standard InChI is InChI=1S/C23H20FNO3S/c24-20-12-10-18(11-13-20)17-6-8-19(9-7-17)23(26)25-15-14-22(16-25)29(27,28)21-4-2-1-3-5-21/h1-13,22H,14-16H2. The van der Waals surface area contributed by atoms with Gasteiger partial charge in [-0.1, -0.05) is 42.5 Å². The molecule has 4 nitrogen and oxygen atoms in total. The van der Waals surface area contributed by atoms with E-state index in [1.807, 2.05) is 12.1 Å². The molecular formula is C23H20FNO3S. The zero-order valence-corrected chi connectivity index (χ0v) is 16.5. The average Bonchev–Trinajstić information content (AvgIpc) is 3.26. The molecule has 1 aliphatic rings. The van der Waals surface area contributed by atoms with Crippen molar-refractivity contribution in [2.24, 2.45) is 0 Å². The molecule has 148 valence electrons. The molecule has 1 heterocycles. The summed E-state index contributed by atoms with van der Waals surface area (Å²) in [5, 5.41) is -0.590. The highest BCUT2D eigenvalue weighted by Crippen LogP contribution is 2.26. The van der Waals surface area contributed by atoms with E-state index in [-0.39, 0.29) is 18.3 Å².